The zero-order valence-electron chi connectivity index (χ0n) is 16.9. The molecule has 2 saturated heterocycles. The van der Waals surface area contributed by atoms with Crippen molar-refractivity contribution < 1.29 is 14.3 Å². The number of nitrogens with one attached hydrogen (secondary N) is 1. The first-order chi connectivity index (χ1) is 13.6. The van der Waals surface area contributed by atoms with E-state index in [0.717, 1.165) is 68.6 Å². The number of hydrogen-bond donors (Lipinski definition) is 1. The van der Waals surface area contributed by atoms with Gasteiger partial charge in [-0.15, -0.1) is 0 Å². The van der Waals surface area contributed by atoms with Crippen molar-refractivity contribution in [2.45, 2.75) is 24.9 Å². The summed E-state index contributed by atoms with van der Waals surface area (Å²) in [5.41, 5.74) is 1.66. The van der Waals surface area contributed by atoms with Gasteiger partial charge in [-0.25, -0.2) is 0 Å². The SMILES string of the molecule is COCCN(C)C[C@@H]1CO[C@@]2(CCCN(C(=O)c3ccc4[nH]ccc4c3)C2)C1. The van der Waals surface area contributed by atoms with E-state index in [4.69, 9.17) is 9.47 Å². The van der Waals surface area contributed by atoms with Crippen molar-refractivity contribution in [3.05, 3.63) is 36.0 Å². The molecule has 1 aromatic carbocycles. The van der Waals surface area contributed by atoms with Crippen LogP contribution in [0.4, 0.5) is 0 Å². The van der Waals surface area contributed by atoms with Gasteiger partial charge in [-0.05, 0) is 56.5 Å². The third-order valence-corrected chi connectivity index (χ3v) is 6.16. The van der Waals surface area contributed by atoms with Crippen LogP contribution < -0.4 is 0 Å². The van der Waals surface area contributed by atoms with Crippen LogP contribution in [0.25, 0.3) is 10.9 Å². The van der Waals surface area contributed by atoms with Gasteiger partial charge in [0.15, 0.2) is 0 Å². The molecule has 4 rings (SSSR count). The number of carbonyl (C=O) groups is 1. The van der Waals surface area contributed by atoms with Crippen molar-refractivity contribution in [2.75, 3.05) is 53.6 Å². The molecule has 0 saturated carbocycles. The quantitative estimate of drug-likeness (QED) is 0.831. The van der Waals surface area contributed by atoms with E-state index < -0.39 is 0 Å². The lowest BCUT2D eigenvalue weighted by molar-refractivity contribution is -0.0450. The Hall–Kier alpha value is -1.89. The van der Waals surface area contributed by atoms with Crippen molar-refractivity contribution in [1.29, 1.82) is 0 Å². The van der Waals surface area contributed by atoms with E-state index in [1.165, 1.54) is 0 Å². The van der Waals surface area contributed by atoms with Gasteiger partial charge >= 0.3 is 0 Å². The molecule has 0 aliphatic carbocycles. The van der Waals surface area contributed by atoms with Crippen molar-refractivity contribution in [1.82, 2.24) is 14.8 Å². The number of likely N-dealkylation sites (N-methyl/N-ethyl adjacent to an activating group) is 1. The van der Waals surface area contributed by atoms with Crippen LogP contribution in [0.1, 0.15) is 29.6 Å². The van der Waals surface area contributed by atoms with E-state index in [9.17, 15) is 4.79 Å². The number of carbonyl (C=O) groups excluding carboxylic acids is 1. The number of piperidine rings is 1. The van der Waals surface area contributed by atoms with E-state index in [-0.39, 0.29) is 11.5 Å². The maximum atomic E-state index is 13.1. The summed E-state index contributed by atoms with van der Waals surface area (Å²) in [5.74, 6) is 0.638. The van der Waals surface area contributed by atoms with E-state index in [2.05, 4.69) is 16.9 Å². The average Bonchev–Trinajstić information content (AvgIpc) is 3.32. The lowest BCUT2D eigenvalue weighted by atomic mass is 9.86. The summed E-state index contributed by atoms with van der Waals surface area (Å²) in [4.78, 5) is 20.6. The molecule has 1 amide bonds. The number of likely N-dealkylation sites (tertiary alicyclic amines) is 1. The molecule has 2 atom stereocenters. The summed E-state index contributed by atoms with van der Waals surface area (Å²) >= 11 is 0. The summed E-state index contributed by atoms with van der Waals surface area (Å²) in [5, 5.41) is 1.08. The van der Waals surface area contributed by atoms with Gasteiger partial charge in [-0.1, -0.05) is 0 Å². The maximum Gasteiger partial charge on any atom is 0.253 e. The Kier molecular flexibility index (Phi) is 5.71. The maximum absolute atomic E-state index is 13.1. The zero-order valence-corrected chi connectivity index (χ0v) is 16.9. The number of methoxy groups -OCH3 is 1. The van der Waals surface area contributed by atoms with Gasteiger partial charge in [-0.3, -0.25) is 4.79 Å². The molecular formula is C22H31N3O3. The first kappa shape index (κ1) is 19.4. The predicted molar refractivity (Wildman–Crippen MR) is 110 cm³/mol. The van der Waals surface area contributed by atoms with E-state index in [1.54, 1.807) is 7.11 Å². The number of aromatic amines is 1. The van der Waals surface area contributed by atoms with Crippen LogP contribution in [-0.2, 0) is 9.47 Å². The molecule has 1 spiro atoms. The third-order valence-electron chi connectivity index (χ3n) is 6.16. The van der Waals surface area contributed by atoms with Crippen molar-refractivity contribution in [3.8, 4) is 0 Å². The fourth-order valence-electron chi connectivity index (χ4n) is 4.76. The smallest absolute Gasteiger partial charge is 0.253 e. The van der Waals surface area contributed by atoms with Gasteiger partial charge in [0, 0.05) is 56.0 Å². The Morgan fingerprint density at radius 1 is 1.43 bits per heavy atom. The molecule has 6 heteroatoms. The van der Waals surface area contributed by atoms with Gasteiger partial charge < -0.3 is 24.3 Å². The van der Waals surface area contributed by atoms with Crippen LogP contribution in [-0.4, -0.2) is 79.8 Å². The van der Waals surface area contributed by atoms with Crippen LogP contribution in [0.5, 0.6) is 0 Å². The molecule has 3 heterocycles. The Morgan fingerprint density at radius 2 is 2.32 bits per heavy atom. The van der Waals surface area contributed by atoms with E-state index in [1.807, 2.05) is 35.4 Å². The monoisotopic (exact) mass is 385 g/mol. The van der Waals surface area contributed by atoms with Gasteiger partial charge in [0.2, 0.25) is 0 Å². The fourth-order valence-corrected chi connectivity index (χ4v) is 4.76. The molecule has 2 aliphatic rings. The second kappa shape index (κ2) is 8.23. The highest BCUT2D eigenvalue weighted by molar-refractivity contribution is 5.98. The molecule has 1 aromatic heterocycles. The highest BCUT2D eigenvalue weighted by Crippen LogP contribution is 2.38. The molecule has 152 valence electrons. The first-order valence-electron chi connectivity index (χ1n) is 10.3. The first-order valence-corrected chi connectivity index (χ1v) is 10.3. The van der Waals surface area contributed by atoms with Crippen molar-refractivity contribution in [3.63, 3.8) is 0 Å². The topological polar surface area (TPSA) is 57.8 Å². The fraction of sp³-hybridized carbons (Fsp3) is 0.591. The van der Waals surface area contributed by atoms with E-state index >= 15 is 0 Å². The molecule has 28 heavy (non-hydrogen) atoms. The highest BCUT2D eigenvalue weighted by Gasteiger charge is 2.44. The molecule has 0 radical (unpaired) electrons. The molecule has 2 aliphatic heterocycles. The molecular weight excluding hydrogens is 354 g/mol. The molecule has 1 N–H and O–H groups in total. The van der Waals surface area contributed by atoms with Crippen LogP contribution in [0.2, 0.25) is 0 Å². The number of benzene rings is 1. The second-order valence-electron chi connectivity index (χ2n) is 8.43. The van der Waals surface area contributed by atoms with Crippen molar-refractivity contribution >= 4 is 16.8 Å². The second-order valence-corrected chi connectivity index (χ2v) is 8.43. The number of amides is 1. The minimum absolute atomic E-state index is 0.117. The molecule has 0 unspecified atom stereocenters. The number of aromatic nitrogens is 1. The Balaban J connectivity index is 1.39. The number of nitrogens with zero attached hydrogens (tertiary/aromatic N) is 2. The van der Waals surface area contributed by atoms with Gasteiger partial charge in [0.25, 0.3) is 5.91 Å². The lowest BCUT2D eigenvalue weighted by Gasteiger charge is -2.40. The Bertz CT molecular complexity index is 820. The number of rotatable bonds is 6. The Morgan fingerprint density at radius 3 is 3.18 bits per heavy atom. The number of H-pyrrole nitrogens is 1. The number of ether oxygens (including phenoxy) is 2. The van der Waals surface area contributed by atoms with Crippen LogP contribution >= 0.6 is 0 Å². The molecule has 6 nitrogen and oxygen atoms in total. The molecule has 0 bridgehead atoms. The molecule has 2 fully saturated rings. The normalized spacial score (nSPS) is 25.2. The van der Waals surface area contributed by atoms with Gasteiger partial charge in [0.05, 0.1) is 18.8 Å². The van der Waals surface area contributed by atoms with Gasteiger partial charge in [-0.2, -0.15) is 0 Å². The van der Waals surface area contributed by atoms with Gasteiger partial charge in [0.1, 0.15) is 0 Å². The van der Waals surface area contributed by atoms with Crippen molar-refractivity contribution in [2.24, 2.45) is 5.92 Å². The van der Waals surface area contributed by atoms with E-state index in [0.29, 0.717) is 12.5 Å². The lowest BCUT2D eigenvalue weighted by Crippen LogP contribution is -2.50. The summed E-state index contributed by atoms with van der Waals surface area (Å²) in [6.45, 7) is 5.01. The van der Waals surface area contributed by atoms with Crippen LogP contribution in [0.3, 0.4) is 0 Å². The predicted octanol–water partition coefficient (Wildman–Crippen LogP) is 2.76. The third kappa shape index (κ3) is 4.09. The van der Waals surface area contributed by atoms with Crippen LogP contribution in [0, 0.1) is 5.92 Å². The highest BCUT2D eigenvalue weighted by atomic mass is 16.5. The van der Waals surface area contributed by atoms with Crippen LogP contribution in [0.15, 0.2) is 30.5 Å². The number of hydrogen-bond acceptors (Lipinski definition) is 4. The summed E-state index contributed by atoms with van der Waals surface area (Å²) in [6.07, 6.45) is 4.99. The average molecular weight is 386 g/mol. The number of fused-ring (bicyclic) bond motifs is 1. The summed E-state index contributed by atoms with van der Waals surface area (Å²) in [7, 11) is 3.88. The summed E-state index contributed by atoms with van der Waals surface area (Å²) in [6, 6.07) is 7.90. The molecule has 2 aromatic rings. The largest absolute Gasteiger partial charge is 0.383 e. The minimum Gasteiger partial charge on any atom is -0.383 e. The Labute approximate surface area is 166 Å². The standard InChI is InChI=1S/C22H31N3O3/c1-24(10-11-27-2)14-17-13-22(28-15-17)7-3-9-25(16-22)21(26)19-4-5-20-18(12-19)6-8-23-20/h4-6,8,12,17,23H,3,7,9-11,13-16H2,1-2H3/t17-,22+/m1/s1. The zero-order chi connectivity index (χ0) is 19.6. The summed E-state index contributed by atoms with van der Waals surface area (Å²) < 4.78 is 11.5. The minimum atomic E-state index is -0.168.